The average molecular weight is 490 g/mol. The maximum atomic E-state index is 13.2. The second kappa shape index (κ2) is 9.80. The molecule has 0 aliphatic carbocycles. The fourth-order valence-corrected chi connectivity index (χ4v) is 4.81. The number of thioether (sulfide) groups is 1. The number of benzene rings is 2. The summed E-state index contributed by atoms with van der Waals surface area (Å²) in [5, 5.41) is 5.08. The van der Waals surface area contributed by atoms with Crippen LogP contribution in [0.1, 0.15) is 10.4 Å². The predicted molar refractivity (Wildman–Crippen MR) is 125 cm³/mol. The van der Waals surface area contributed by atoms with E-state index in [9.17, 15) is 22.8 Å². The second-order valence-corrected chi connectivity index (χ2v) is 9.05. The zero-order valence-corrected chi connectivity index (χ0v) is 18.8. The lowest BCUT2D eigenvalue weighted by Gasteiger charge is -2.14. The molecule has 4 rings (SSSR count). The Morgan fingerprint density at radius 3 is 2.58 bits per heavy atom. The number of nitrogens with zero attached hydrogens (tertiary/aromatic N) is 2. The van der Waals surface area contributed by atoms with E-state index >= 15 is 0 Å². The van der Waals surface area contributed by atoms with E-state index in [4.69, 9.17) is 0 Å². The van der Waals surface area contributed by atoms with Gasteiger partial charge in [-0.2, -0.15) is 13.2 Å². The molecule has 4 aromatic rings. The van der Waals surface area contributed by atoms with Crippen molar-refractivity contribution in [2.75, 3.05) is 11.1 Å². The van der Waals surface area contributed by atoms with Gasteiger partial charge in [-0.25, -0.2) is 4.98 Å². The van der Waals surface area contributed by atoms with Gasteiger partial charge >= 0.3 is 6.18 Å². The summed E-state index contributed by atoms with van der Waals surface area (Å²) in [4.78, 5) is 31.2. The summed E-state index contributed by atoms with van der Waals surface area (Å²) in [5.41, 5.74) is -0.945. The van der Waals surface area contributed by atoms with E-state index in [2.05, 4.69) is 10.3 Å². The smallest absolute Gasteiger partial charge is 0.325 e. The van der Waals surface area contributed by atoms with Crippen LogP contribution in [0.3, 0.4) is 0 Å². The van der Waals surface area contributed by atoms with Crippen LogP contribution in [0, 0.1) is 0 Å². The Morgan fingerprint density at radius 2 is 1.82 bits per heavy atom. The number of para-hydroxylation sites is 2. The zero-order chi connectivity index (χ0) is 23.4. The highest BCUT2D eigenvalue weighted by molar-refractivity contribution is 7.99. The number of alkyl halides is 3. The van der Waals surface area contributed by atoms with Gasteiger partial charge in [-0.1, -0.05) is 42.1 Å². The number of thiophene rings is 1. The van der Waals surface area contributed by atoms with Gasteiger partial charge in [-0.15, -0.1) is 11.3 Å². The molecule has 2 heterocycles. The molecule has 0 aliphatic rings. The maximum Gasteiger partial charge on any atom is 0.418 e. The summed E-state index contributed by atoms with van der Waals surface area (Å²) in [6, 6.07) is 15.6. The van der Waals surface area contributed by atoms with Crippen LogP contribution in [0.5, 0.6) is 0 Å². The van der Waals surface area contributed by atoms with Crippen LogP contribution >= 0.6 is 23.1 Å². The van der Waals surface area contributed by atoms with Crippen LogP contribution in [0.15, 0.2) is 76.0 Å². The highest BCUT2D eigenvalue weighted by Crippen LogP contribution is 2.34. The predicted octanol–water partition coefficient (Wildman–Crippen LogP) is 5.45. The van der Waals surface area contributed by atoms with Gasteiger partial charge in [0.15, 0.2) is 5.16 Å². The van der Waals surface area contributed by atoms with Crippen molar-refractivity contribution in [3.8, 4) is 0 Å². The molecular weight excluding hydrogens is 471 g/mol. The minimum Gasteiger partial charge on any atom is -0.325 e. The SMILES string of the molecule is O=C(CSc1nc2ccccc2c(=O)n1CCc1cccs1)Nc1ccccc1C(F)(F)F. The van der Waals surface area contributed by atoms with Crippen molar-refractivity contribution in [2.24, 2.45) is 0 Å². The molecule has 0 radical (unpaired) electrons. The van der Waals surface area contributed by atoms with Crippen molar-refractivity contribution < 1.29 is 18.0 Å². The molecule has 5 nitrogen and oxygen atoms in total. The molecule has 0 bridgehead atoms. The molecule has 170 valence electrons. The van der Waals surface area contributed by atoms with Crippen LogP contribution < -0.4 is 10.9 Å². The summed E-state index contributed by atoms with van der Waals surface area (Å²) in [7, 11) is 0. The Labute approximate surface area is 195 Å². The standard InChI is InChI=1S/C23H18F3N3O2S2/c24-23(25,26)17-8-2-4-10-19(17)27-20(30)14-33-22-28-18-9-3-1-7-16(18)21(31)29(22)12-11-15-6-5-13-32-15/h1-10,13H,11-12,14H2,(H,27,30). The Bertz CT molecular complexity index is 1340. The molecule has 10 heteroatoms. The number of amides is 1. The fourth-order valence-electron chi connectivity index (χ4n) is 3.29. The molecule has 0 unspecified atom stereocenters. The number of aryl methyl sites for hydroxylation is 1. The minimum absolute atomic E-state index is 0.198. The Balaban J connectivity index is 1.56. The van der Waals surface area contributed by atoms with E-state index < -0.39 is 17.6 Å². The third-order valence-electron chi connectivity index (χ3n) is 4.83. The van der Waals surface area contributed by atoms with Crippen LogP contribution in [0.2, 0.25) is 0 Å². The molecule has 0 fully saturated rings. The summed E-state index contributed by atoms with van der Waals surface area (Å²) < 4.78 is 41.1. The number of carbonyl (C=O) groups excluding carboxylic acids is 1. The molecule has 1 amide bonds. The number of anilines is 1. The zero-order valence-electron chi connectivity index (χ0n) is 17.1. The summed E-state index contributed by atoms with van der Waals surface area (Å²) in [6.07, 6.45) is -3.96. The largest absolute Gasteiger partial charge is 0.418 e. The van der Waals surface area contributed by atoms with Crippen LogP contribution in [0.25, 0.3) is 10.9 Å². The Hall–Kier alpha value is -3.11. The average Bonchev–Trinajstić information content (AvgIpc) is 3.30. The number of rotatable bonds is 7. The van der Waals surface area contributed by atoms with Gasteiger partial charge in [0.2, 0.25) is 5.91 Å². The molecule has 2 aromatic heterocycles. The van der Waals surface area contributed by atoms with Gasteiger partial charge in [0.05, 0.1) is 27.9 Å². The van der Waals surface area contributed by atoms with E-state index in [1.54, 1.807) is 35.6 Å². The van der Waals surface area contributed by atoms with Crippen molar-refractivity contribution >= 4 is 45.6 Å². The monoisotopic (exact) mass is 489 g/mol. The first-order valence-corrected chi connectivity index (χ1v) is 11.8. The van der Waals surface area contributed by atoms with Gasteiger partial charge in [0, 0.05) is 11.4 Å². The third kappa shape index (κ3) is 5.45. The topological polar surface area (TPSA) is 64.0 Å². The number of carbonyl (C=O) groups is 1. The molecule has 0 spiro atoms. The summed E-state index contributed by atoms with van der Waals surface area (Å²) >= 11 is 2.60. The van der Waals surface area contributed by atoms with E-state index in [0.717, 1.165) is 22.7 Å². The Morgan fingerprint density at radius 1 is 1.06 bits per heavy atom. The van der Waals surface area contributed by atoms with Gasteiger partial charge in [-0.05, 0) is 42.1 Å². The highest BCUT2D eigenvalue weighted by Gasteiger charge is 2.33. The van der Waals surface area contributed by atoms with Crippen LogP contribution in [-0.4, -0.2) is 21.2 Å². The van der Waals surface area contributed by atoms with E-state index in [1.165, 1.54) is 22.8 Å². The first kappa shape index (κ1) is 23.1. The molecule has 0 atom stereocenters. The van der Waals surface area contributed by atoms with Gasteiger partial charge in [-0.3, -0.25) is 14.2 Å². The lowest BCUT2D eigenvalue weighted by atomic mass is 10.1. The molecule has 1 N–H and O–H groups in total. The van der Waals surface area contributed by atoms with E-state index in [-0.39, 0.29) is 17.0 Å². The van der Waals surface area contributed by atoms with Crippen LogP contribution in [0.4, 0.5) is 18.9 Å². The maximum absolute atomic E-state index is 13.2. The normalized spacial score (nSPS) is 11.6. The van der Waals surface area contributed by atoms with Crippen molar-refractivity contribution in [1.29, 1.82) is 0 Å². The summed E-state index contributed by atoms with van der Waals surface area (Å²) in [6.45, 7) is 0.373. The highest BCUT2D eigenvalue weighted by atomic mass is 32.2. The van der Waals surface area contributed by atoms with Crippen molar-refractivity contribution in [3.05, 3.63) is 86.8 Å². The third-order valence-corrected chi connectivity index (χ3v) is 6.74. The van der Waals surface area contributed by atoms with E-state index in [0.29, 0.717) is 29.0 Å². The van der Waals surface area contributed by atoms with Gasteiger partial charge < -0.3 is 5.32 Å². The van der Waals surface area contributed by atoms with Crippen molar-refractivity contribution in [3.63, 3.8) is 0 Å². The number of halogens is 3. The molecule has 33 heavy (non-hydrogen) atoms. The number of hydrogen-bond donors (Lipinski definition) is 1. The first-order chi connectivity index (χ1) is 15.8. The number of nitrogens with one attached hydrogen (secondary N) is 1. The molecule has 0 aliphatic heterocycles. The minimum atomic E-state index is -4.58. The van der Waals surface area contributed by atoms with Crippen molar-refractivity contribution in [1.82, 2.24) is 9.55 Å². The lowest BCUT2D eigenvalue weighted by Crippen LogP contribution is -2.25. The second-order valence-electron chi connectivity index (χ2n) is 7.08. The van der Waals surface area contributed by atoms with Gasteiger partial charge in [0.25, 0.3) is 5.56 Å². The Kier molecular flexibility index (Phi) is 6.85. The molecule has 2 aromatic carbocycles. The molecule has 0 saturated carbocycles. The van der Waals surface area contributed by atoms with Gasteiger partial charge in [0.1, 0.15) is 0 Å². The fraction of sp³-hybridized carbons (Fsp3) is 0.174. The molecular formula is C23H18F3N3O2S2. The number of aromatic nitrogens is 2. The first-order valence-electron chi connectivity index (χ1n) is 9.94. The number of hydrogen-bond acceptors (Lipinski definition) is 5. The van der Waals surface area contributed by atoms with Crippen molar-refractivity contribution in [2.45, 2.75) is 24.3 Å². The molecule has 0 saturated heterocycles. The summed E-state index contributed by atoms with van der Waals surface area (Å²) in [5.74, 6) is -0.820. The lowest BCUT2D eigenvalue weighted by molar-refractivity contribution is -0.137. The van der Waals surface area contributed by atoms with Crippen LogP contribution in [-0.2, 0) is 23.9 Å². The van der Waals surface area contributed by atoms with E-state index in [1.807, 2.05) is 17.5 Å². The quantitative estimate of drug-likeness (QED) is 0.277. The number of fused-ring (bicyclic) bond motifs is 1.